The Morgan fingerprint density at radius 2 is 1.58 bits per heavy atom. The number of carbonyl (C=O) groups excluding carboxylic acids is 3. The van der Waals surface area contributed by atoms with Gasteiger partial charge >= 0.3 is 0 Å². The van der Waals surface area contributed by atoms with E-state index in [0.29, 0.717) is 50.1 Å². The van der Waals surface area contributed by atoms with Crippen LogP contribution in [0.15, 0.2) is 105 Å². The SMILES string of the molecule is Cc1ccc2ccccc2c1.O=C(NCC(=O)N1CCN(c2ccccc2CN2CCCC2=O)CC1)c1cc(=O)c2cc(Br)ccc2o1. The number of hydrogen-bond donors (Lipinski definition) is 1. The first-order valence-corrected chi connectivity index (χ1v) is 16.9. The van der Waals surface area contributed by atoms with E-state index >= 15 is 0 Å². The molecule has 3 amide bonds. The molecule has 2 aliphatic heterocycles. The van der Waals surface area contributed by atoms with E-state index in [1.54, 1.807) is 23.1 Å². The number of hydrogen-bond acceptors (Lipinski definition) is 6. The van der Waals surface area contributed by atoms with Gasteiger partial charge in [-0.2, -0.15) is 0 Å². The van der Waals surface area contributed by atoms with E-state index in [4.69, 9.17) is 4.42 Å². The Labute approximate surface area is 287 Å². The molecule has 1 N–H and O–H groups in total. The van der Waals surface area contributed by atoms with Crippen molar-refractivity contribution in [2.24, 2.45) is 0 Å². The van der Waals surface area contributed by atoms with Gasteiger partial charge in [0.1, 0.15) is 5.58 Å². The molecule has 0 atom stereocenters. The lowest BCUT2D eigenvalue weighted by atomic mass is 10.1. The van der Waals surface area contributed by atoms with Gasteiger partial charge in [0.2, 0.25) is 11.8 Å². The molecule has 246 valence electrons. The lowest BCUT2D eigenvalue weighted by Gasteiger charge is -2.37. The van der Waals surface area contributed by atoms with E-state index < -0.39 is 5.91 Å². The highest BCUT2D eigenvalue weighted by atomic mass is 79.9. The van der Waals surface area contributed by atoms with Gasteiger partial charge in [0.25, 0.3) is 5.91 Å². The van der Waals surface area contributed by atoms with Gasteiger partial charge < -0.3 is 24.4 Å². The van der Waals surface area contributed by atoms with Crippen LogP contribution in [0.3, 0.4) is 0 Å². The van der Waals surface area contributed by atoms with Crippen molar-refractivity contribution in [3.63, 3.8) is 0 Å². The lowest BCUT2D eigenvalue weighted by Crippen LogP contribution is -2.51. The Morgan fingerprint density at radius 1 is 0.833 bits per heavy atom. The molecule has 2 aliphatic rings. The minimum Gasteiger partial charge on any atom is -0.451 e. The minimum atomic E-state index is -0.612. The molecule has 0 aliphatic carbocycles. The highest BCUT2D eigenvalue weighted by Crippen LogP contribution is 2.25. The van der Waals surface area contributed by atoms with Crippen molar-refractivity contribution >= 4 is 61.1 Å². The molecular weight excluding hydrogens is 672 g/mol. The molecule has 1 aromatic heterocycles. The Kier molecular flexibility index (Phi) is 10.2. The first-order valence-electron chi connectivity index (χ1n) is 16.1. The zero-order valence-electron chi connectivity index (χ0n) is 26.8. The van der Waals surface area contributed by atoms with Gasteiger partial charge in [0.05, 0.1) is 11.9 Å². The van der Waals surface area contributed by atoms with Crippen LogP contribution >= 0.6 is 15.9 Å². The van der Waals surface area contributed by atoms with Crippen LogP contribution in [-0.4, -0.2) is 66.8 Å². The fraction of sp³-hybridized carbons (Fsp3) is 0.263. The van der Waals surface area contributed by atoms with Crippen LogP contribution in [0.2, 0.25) is 0 Å². The summed E-state index contributed by atoms with van der Waals surface area (Å²) >= 11 is 3.31. The molecule has 0 radical (unpaired) electrons. The number of aryl methyl sites for hydroxylation is 1. The molecule has 2 saturated heterocycles. The van der Waals surface area contributed by atoms with Crippen LogP contribution < -0.4 is 15.6 Å². The monoisotopic (exact) mass is 708 g/mol. The van der Waals surface area contributed by atoms with Crippen molar-refractivity contribution in [3.8, 4) is 0 Å². The summed E-state index contributed by atoms with van der Waals surface area (Å²) in [5, 5.41) is 5.59. The summed E-state index contributed by atoms with van der Waals surface area (Å²) in [6.07, 6.45) is 1.52. The zero-order valence-corrected chi connectivity index (χ0v) is 28.4. The minimum absolute atomic E-state index is 0.134. The quantitative estimate of drug-likeness (QED) is 0.236. The van der Waals surface area contributed by atoms with E-state index in [1.807, 2.05) is 17.0 Å². The molecule has 10 heteroatoms. The summed E-state index contributed by atoms with van der Waals surface area (Å²) in [6.45, 7) is 5.67. The van der Waals surface area contributed by atoms with Crippen molar-refractivity contribution in [3.05, 3.63) is 123 Å². The number of halogens is 1. The van der Waals surface area contributed by atoms with Crippen LogP contribution in [0.25, 0.3) is 21.7 Å². The van der Waals surface area contributed by atoms with Crippen molar-refractivity contribution in [2.45, 2.75) is 26.3 Å². The van der Waals surface area contributed by atoms with Gasteiger partial charge in [-0.3, -0.25) is 19.2 Å². The lowest BCUT2D eigenvalue weighted by molar-refractivity contribution is -0.130. The van der Waals surface area contributed by atoms with Gasteiger partial charge in [-0.1, -0.05) is 82.2 Å². The molecule has 9 nitrogen and oxygen atoms in total. The Balaban J connectivity index is 0.000000307. The number of anilines is 1. The Bertz CT molecular complexity index is 2040. The third-order valence-electron chi connectivity index (χ3n) is 8.72. The molecule has 0 spiro atoms. The molecule has 3 heterocycles. The number of carbonyl (C=O) groups is 3. The highest BCUT2D eigenvalue weighted by Gasteiger charge is 2.25. The molecular formula is C38H37BrN4O5. The van der Waals surface area contributed by atoms with Gasteiger partial charge in [-0.15, -0.1) is 0 Å². The van der Waals surface area contributed by atoms with E-state index in [9.17, 15) is 19.2 Å². The number of benzene rings is 4. The molecule has 0 saturated carbocycles. The first-order chi connectivity index (χ1) is 23.2. The van der Waals surface area contributed by atoms with Crippen molar-refractivity contribution in [1.29, 1.82) is 0 Å². The van der Waals surface area contributed by atoms with Gasteiger partial charge in [-0.25, -0.2) is 0 Å². The zero-order chi connectivity index (χ0) is 33.6. The topological polar surface area (TPSA) is 103 Å². The predicted molar refractivity (Wildman–Crippen MR) is 191 cm³/mol. The number of rotatable bonds is 6. The summed E-state index contributed by atoms with van der Waals surface area (Å²) < 4.78 is 6.31. The van der Waals surface area contributed by atoms with E-state index in [0.717, 1.165) is 34.8 Å². The number of amides is 3. The standard InChI is InChI=1S/C27H27BrN4O5.C11H10/c28-19-7-8-23-20(14-19)22(33)15-24(37-23)27(36)29-16-26(35)31-12-10-30(11-13-31)21-5-2-1-4-18(21)17-32-9-3-6-25(32)34;1-9-6-7-10-4-2-3-5-11(10)8-9/h1-2,4-5,7-8,14-15H,3,6,9-13,16-17H2,(H,29,36);2-8H,1H3. The normalized spacial score (nSPS) is 14.6. The van der Waals surface area contributed by atoms with Crippen LogP contribution in [0, 0.1) is 6.92 Å². The number of nitrogens with one attached hydrogen (secondary N) is 1. The molecule has 0 unspecified atom stereocenters. The van der Waals surface area contributed by atoms with E-state index in [-0.39, 0.29) is 29.5 Å². The van der Waals surface area contributed by atoms with E-state index in [2.05, 4.69) is 87.7 Å². The first kappa shape index (κ1) is 33.0. The fourth-order valence-corrected chi connectivity index (χ4v) is 6.49. The van der Waals surface area contributed by atoms with Gasteiger partial charge in [0.15, 0.2) is 11.2 Å². The number of fused-ring (bicyclic) bond motifs is 2. The molecule has 0 bridgehead atoms. The van der Waals surface area contributed by atoms with Crippen molar-refractivity contribution in [2.75, 3.05) is 44.2 Å². The maximum atomic E-state index is 12.8. The number of nitrogens with zero attached hydrogens (tertiary/aromatic N) is 3. The van der Waals surface area contributed by atoms with Crippen LogP contribution in [-0.2, 0) is 16.1 Å². The molecule has 2 fully saturated rings. The maximum Gasteiger partial charge on any atom is 0.287 e. The number of piperazine rings is 1. The van der Waals surface area contributed by atoms with Crippen LogP contribution in [0.4, 0.5) is 5.69 Å². The fourth-order valence-electron chi connectivity index (χ4n) is 6.13. The number of para-hydroxylation sites is 1. The van der Waals surface area contributed by atoms with Crippen molar-refractivity contribution < 1.29 is 18.8 Å². The molecule has 7 rings (SSSR count). The second-order valence-electron chi connectivity index (χ2n) is 12.1. The highest BCUT2D eigenvalue weighted by molar-refractivity contribution is 9.10. The Morgan fingerprint density at radius 3 is 2.35 bits per heavy atom. The molecule has 48 heavy (non-hydrogen) atoms. The second kappa shape index (κ2) is 14.9. The predicted octanol–water partition coefficient (Wildman–Crippen LogP) is 5.90. The Hall–Kier alpha value is -4.96. The average molecular weight is 710 g/mol. The summed E-state index contributed by atoms with van der Waals surface area (Å²) in [5.41, 5.74) is 3.49. The van der Waals surface area contributed by atoms with Crippen molar-refractivity contribution in [1.82, 2.24) is 15.1 Å². The maximum absolute atomic E-state index is 12.8. The second-order valence-corrected chi connectivity index (χ2v) is 13.0. The third-order valence-corrected chi connectivity index (χ3v) is 9.21. The van der Waals surface area contributed by atoms with Crippen LogP contribution in [0.1, 0.15) is 34.5 Å². The summed E-state index contributed by atoms with van der Waals surface area (Å²) in [6, 6.07) is 29.1. The third kappa shape index (κ3) is 7.77. The summed E-state index contributed by atoms with van der Waals surface area (Å²) in [5.74, 6) is -0.746. The smallest absolute Gasteiger partial charge is 0.287 e. The molecule has 4 aromatic carbocycles. The number of likely N-dealkylation sites (tertiary alicyclic amines) is 1. The van der Waals surface area contributed by atoms with Gasteiger partial charge in [-0.05, 0) is 53.9 Å². The molecule has 5 aromatic rings. The largest absolute Gasteiger partial charge is 0.451 e. The summed E-state index contributed by atoms with van der Waals surface area (Å²) in [4.78, 5) is 55.7. The summed E-state index contributed by atoms with van der Waals surface area (Å²) in [7, 11) is 0. The average Bonchev–Trinajstić information content (AvgIpc) is 3.51. The van der Waals surface area contributed by atoms with Crippen LogP contribution in [0.5, 0.6) is 0 Å². The van der Waals surface area contributed by atoms with Gasteiger partial charge in [0, 0.05) is 61.9 Å². The van der Waals surface area contributed by atoms with E-state index in [1.165, 1.54) is 16.3 Å².